The van der Waals surface area contributed by atoms with Crippen molar-refractivity contribution in [3.05, 3.63) is 101 Å². The Morgan fingerprint density at radius 3 is 2.27 bits per heavy atom. The number of nitrogens with one attached hydrogen (secondary N) is 1. The highest BCUT2D eigenvalue weighted by atomic mass is 19.1. The number of carbonyl (C=O) groups excluding carboxylic acids is 2. The first-order valence-corrected chi connectivity index (χ1v) is 9.34. The molecule has 0 radical (unpaired) electrons. The van der Waals surface area contributed by atoms with E-state index in [0.717, 1.165) is 28.2 Å². The molecule has 4 nitrogen and oxygen atoms in total. The molecule has 0 aromatic heterocycles. The molecule has 2 amide bonds. The minimum atomic E-state index is -0.989. The van der Waals surface area contributed by atoms with Gasteiger partial charge in [-0.3, -0.25) is 9.59 Å². The van der Waals surface area contributed by atoms with E-state index in [-0.39, 0.29) is 17.0 Å². The number of aryl methyl sites for hydroxylation is 2. The molecule has 1 heterocycles. The van der Waals surface area contributed by atoms with Crippen molar-refractivity contribution in [3.8, 4) is 0 Å². The van der Waals surface area contributed by atoms with Crippen LogP contribution in [0.4, 0.5) is 20.2 Å². The highest BCUT2D eigenvalue weighted by molar-refractivity contribution is 6.46. The van der Waals surface area contributed by atoms with Crippen molar-refractivity contribution < 1.29 is 18.4 Å². The predicted molar refractivity (Wildman–Crippen MR) is 112 cm³/mol. The Labute approximate surface area is 172 Å². The SMILES string of the molecule is Cc1ccc(C)c(NC2=C(c3ccccc3)C(=O)N(c3ccc(F)cc3F)C2=O)c1. The number of benzene rings is 3. The Morgan fingerprint density at radius 1 is 0.833 bits per heavy atom. The highest BCUT2D eigenvalue weighted by Gasteiger charge is 2.41. The third kappa shape index (κ3) is 3.37. The second kappa shape index (κ2) is 7.55. The van der Waals surface area contributed by atoms with Crippen LogP contribution in [0, 0.1) is 25.5 Å². The molecular weight excluding hydrogens is 386 g/mol. The van der Waals surface area contributed by atoms with Crippen molar-refractivity contribution in [3.63, 3.8) is 0 Å². The Kier molecular flexibility index (Phi) is 4.91. The Hall–Kier alpha value is -3.80. The molecule has 6 heteroatoms. The molecule has 30 heavy (non-hydrogen) atoms. The van der Waals surface area contributed by atoms with Gasteiger partial charge in [-0.2, -0.15) is 0 Å². The maximum absolute atomic E-state index is 14.4. The number of hydrogen-bond donors (Lipinski definition) is 1. The second-order valence-corrected chi connectivity index (χ2v) is 7.10. The van der Waals surface area contributed by atoms with Gasteiger partial charge in [-0.25, -0.2) is 13.7 Å². The summed E-state index contributed by atoms with van der Waals surface area (Å²) in [6, 6.07) is 17.1. The Balaban J connectivity index is 1.86. The van der Waals surface area contributed by atoms with Crippen molar-refractivity contribution in [1.82, 2.24) is 0 Å². The smallest absolute Gasteiger partial charge is 0.282 e. The molecule has 0 bridgehead atoms. The van der Waals surface area contributed by atoms with Crippen LogP contribution in [0.15, 0.2) is 72.4 Å². The minimum Gasteiger partial charge on any atom is -0.350 e. The topological polar surface area (TPSA) is 49.4 Å². The molecule has 4 rings (SSSR count). The van der Waals surface area contributed by atoms with E-state index in [0.29, 0.717) is 17.3 Å². The van der Waals surface area contributed by atoms with E-state index in [1.807, 2.05) is 32.0 Å². The lowest BCUT2D eigenvalue weighted by molar-refractivity contribution is -0.120. The van der Waals surface area contributed by atoms with Gasteiger partial charge in [0.15, 0.2) is 0 Å². The molecule has 0 saturated heterocycles. The van der Waals surface area contributed by atoms with Crippen LogP contribution < -0.4 is 10.2 Å². The summed E-state index contributed by atoms with van der Waals surface area (Å²) in [5.41, 5.74) is 2.93. The molecule has 3 aromatic rings. The first kappa shape index (κ1) is 19.5. The van der Waals surface area contributed by atoms with E-state index in [1.54, 1.807) is 30.3 Å². The van der Waals surface area contributed by atoms with Gasteiger partial charge in [0, 0.05) is 11.8 Å². The van der Waals surface area contributed by atoms with Crippen LogP contribution in [-0.4, -0.2) is 11.8 Å². The minimum absolute atomic E-state index is 0.0450. The van der Waals surface area contributed by atoms with Crippen LogP contribution in [0.3, 0.4) is 0 Å². The summed E-state index contributed by atoms with van der Waals surface area (Å²) in [5.74, 6) is -3.16. The summed E-state index contributed by atoms with van der Waals surface area (Å²) >= 11 is 0. The summed E-state index contributed by atoms with van der Waals surface area (Å²) in [6.07, 6.45) is 0. The summed E-state index contributed by atoms with van der Waals surface area (Å²) in [6.45, 7) is 3.79. The van der Waals surface area contributed by atoms with E-state index >= 15 is 0 Å². The maximum Gasteiger partial charge on any atom is 0.282 e. The van der Waals surface area contributed by atoms with Crippen molar-refractivity contribution in [1.29, 1.82) is 0 Å². The zero-order chi connectivity index (χ0) is 21.4. The molecule has 0 saturated carbocycles. The van der Waals surface area contributed by atoms with E-state index in [1.165, 1.54) is 0 Å². The van der Waals surface area contributed by atoms with E-state index in [9.17, 15) is 18.4 Å². The predicted octanol–water partition coefficient (Wildman–Crippen LogP) is 4.98. The molecule has 1 aliphatic heterocycles. The number of halogens is 2. The monoisotopic (exact) mass is 404 g/mol. The molecule has 0 unspecified atom stereocenters. The first-order chi connectivity index (χ1) is 14.4. The average molecular weight is 404 g/mol. The molecule has 150 valence electrons. The number of anilines is 2. The van der Waals surface area contributed by atoms with Crippen LogP contribution in [0.25, 0.3) is 5.57 Å². The quantitative estimate of drug-likeness (QED) is 0.624. The van der Waals surface area contributed by atoms with Gasteiger partial charge in [0.05, 0.1) is 11.3 Å². The number of amides is 2. The second-order valence-electron chi connectivity index (χ2n) is 7.10. The third-order valence-electron chi connectivity index (χ3n) is 4.95. The zero-order valence-electron chi connectivity index (χ0n) is 16.4. The number of carbonyl (C=O) groups is 2. The number of nitrogens with zero attached hydrogens (tertiary/aromatic N) is 1. The van der Waals surface area contributed by atoms with Crippen LogP contribution >= 0.6 is 0 Å². The molecule has 0 aliphatic carbocycles. The van der Waals surface area contributed by atoms with Gasteiger partial charge in [-0.05, 0) is 48.7 Å². The van der Waals surface area contributed by atoms with E-state index in [4.69, 9.17) is 0 Å². The van der Waals surface area contributed by atoms with Gasteiger partial charge in [0.1, 0.15) is 17.3 Å². The average Bonchev–Trinajstić information content (AvgIpc) is 2.95. The summed E-state index contributed by atoms with van der Waals surface area (Å²) < 4.78 is 27.8. The van der Waals surface area contributed by atoms with Gasteiger partial charge >= 0.3 is 0 Å². The number of rotatable bonds is 4. The molecule has 0 spiro atoms. The van der Waals surface area contributed by atoms with E-state index in [2.05, 4.69) is 5.32 Å². The van der Waals surface area contributed by atoms with Crippen LogP contribution in [0.5, 0.6) is 0 Å². The zero-order valence-corrected chi connectivity index (χ0v) is 16.4. The lowest BCUT2D eigenvalue weighted by atomic mass is 10.0. The summed E-state index contributed by atoms with van der Waals surface area (Å²) in [4.78, 5) is 27.3. The van der Waals surface area contributed by atoms with Gasteiger partial charge in [-0.15, -0.1) is 0 Å². The number of hydrogen-bond acceptors (Lipinski definition) is 3. The highest BCUT2D eigenvalue weighted by Crippen LogP contribution is 2.35. The van der Waals surface area contributed by atoms with Gasteiger partial charge in [0.2, 0.25) is 0 Å². The largest absolute Gasteiger partial charge is 0.350 e. The molecular formula is C24H18F2N2O2. The summed E-state index contributed by atoms with van der Waals surface area (Å²) in [7, 11) is 0. The number of imide groups is 1. The van der Waals surface area contributed by atoms with Crippen molar-refractivity contribution in [2.45, 2.75) is 13.8 Å². The van der Waals surface area contributed by atoms with Crippen LogP contribution in [-0.2, 0) is 9.59 Å². The van der Waals surface area contributed by atoms with Gasteiger partial charge in [0.25, 0.3) is 11.8 Å². The Bertz CT molecular complexity index is 1200. The Morgan fingerprint density at radius 2 is 1.57 bits per heavy atom. The lowest BCUT2D eigenvalue weighted by Gasteiger charge is -2.16. The lowest BCUT2D eigenvalue weighted by Crippen LogP contribution is -2.33. The molecule has 1 aliphatic rings. The third-order valence-corrected chi connectivity index (χ3v) is 4.95. The van der Waals surface area contributed by atoms with Crippen molar-refractivity contribution in [2.24, 2.45) is 0 Å². The summed E-state index contributed by atoms with van der Waals surface area (Å²) in [5, 5.41) is 3.08. The first-order valence-electron chi connectivity index (χ1n) is 9.34. The molecule has 0 fully saturated rings. The fourth-order valence-electron chi connectivity index (χ4n) is 3.40. The fraction of sp³-hybridized carbons (Fsp3) is 0.0833. The fourth-order valence-corrected chi connectivity index (χ4v) is 3.40. The van der Waals surface area contributed by atoms with Crippen molar-refractivity contribution in [2.75, 3.05) is 10.2 Å². The molecule has 0 atom stereocenters. The van der Waals surface area contributed by atoms with Gasteiger partial charge in [-0.1, -0.05) is 42.5 Å². The van der Waals surface area contributed by atoms with Gasteiger partial charge < -0.3 is 5.32 Å². The molecule has 1 N–H and O–H groups in total. The van der Waals surface area contributed by atoms with Crippen LogP contribution in [0.1, 0.15) is 16.7 Å². The standard InChI is InChI=1S/C24H18F2N2O2/c1-14-8-9-15(2)19(12-14)27-22-21(16-6-4-3-5-7-16)23(29)28(24(22)30)20-11-10-17(25)13-18(20)26/h3-13,27H,1-2H3. The van der Waals surface area contributed by atoms with E-state index < -0.39 is 23.4 Å². The van der Waals surface area contributed by atoms with Crippen LogP contribution in [0.2, 0.25) is 0 Å². The maximum atomic E-state index is 14.4. The normalized spacial score (nSPS) is 13.9. The molecule has 3 aromatic carbocycles. The van der Waals surface area contributed by atoms with Crippen molar-refractivity contribution >= 4 is 28.8 Å².